The first-order valence-corrected chi connectivity index (χ1v) is 8.57. The number of pyridine rings is 1. The standard InChI is InChI=1S/C19H19F3N2O3/c1-3-11-9-14(12-5-4-10(2)8-15(12)27-11)23-17(25)13-6-7-16(19(20,21)22)24-18(13)26/h4-8,11,14H,3,9H2,1-2H3,(H,23,25)(H,24,26)/t11-,14-/m1/s1. The summed E-state index contributed by atoms with van der Waals surface area (Å²) in [7, 11) is 0. The molecule has 2 atom stereocenters. The van der Waals surface area contributed by atoms with Crippen molar-refractivity contribution in [3.05, 3.63) is 63.1 Å². The van der Waals surface area contributed by atoms with Crippen molar-refractivity contribution in [1.29, 1.82) is 0 Å². The quantitative estimate of drug-likeness (QED) is 0.852. The number of carbonyl (C=O) groups excluding carboxylic acids is 1. The Morgan fingerprint density at radius 1 is 1.30 bits per heavy atom. The van der Waals surface area contributed by atoms with Crippen LogP contribution in [0.4, 0.5) is 13.2 Å². The zero-order valence-electron chi connectivity index (χ0n) is 14.8. The van der Waals surface area contributed by atoms with Gasteiger partial charge in [-0.05, 0) is 37.1 Å². The van der Waals surface area contributed by atoms with Crippen LogP contribution in [-0.2, 0) is 6.18 Å². The summed E-state index contributed by atoms with van der Waals surface area (Å²) in [4.78, 5) is 26.2. The van der Waals surface area contributed by atoms with Crippen LogP contribution in [0.5, 0.6) is 5.75 Å². The number of fused-ring (bicyclic) bond motifs is 1. The van der Waals surface area contributed by atoms with E-state index in [1.165, 1.54) is 0 Å². The van der Waals surface area contributed by atoms with E-state index in [9.17, 15) is 22.8 Å². The molecule has 1 aliphatic rings. The van der Waals surface area contributed by atoms with Gasteiger partial charge in [-0.1, -0.05) is 19.1 Å². The highest BCUT2D eigenvalue weighted by Crippen LogP contribution is 2.36. The van der Waals surface area contributed by atoms with Crippen LogP contribution < -0.4 is 15.6 Å². The lowest BCUT2D eigenvalue weighted by Crippen LogP contribution is -2.38. The van der Waals surface area contributed by atoms with Crippen LogP contribution in [0.3, 0.4) is 0 Å². The number of benzene rings is 1. The lowest BCUT2D eigenvalue weighted by Gasteiger charge is -2.32. The van der Waals surface area contributed by atoms with E-state index in [1.807, 2.05) is 32.0 Å². The summed E-state index contributed by atoms with van der Waals surface area (Å²) < 4.78 is 43.9. The number of rotatable bonds is 3. The molecule has 2 heterocycles. The van der Waals surface area contributed by atoms with Crippen LogP contribution in [0.2, 0.25) is 0 Å². The van der Waals surface area contributed by atoms with Gasteiger partial charge in [0.2, 0.25) is 0 Å². The van der Waals surface area contributed by atoms with E-state index in [0.29, 0.717) is 18.2 Å². The fraction of sp³-hybridized carbons (Fsp3) is 0.368. The number of amides is 1. The molecule has 2 N–H and O–H groups in total. The molecule has 8 heteroatoms. The fourth-order valence-corrected chi connectivity index (χ4v) is 3.09. The summed E-state index contributed by atoms with van der Waals surface area (Å²) in [5.74, 6) is -0.0574. The van der Waals surface area contributed by atoms with Gasteiger partial charge in [-0.15, -0.1) is 0 Å². The predicted molar refractivity (Wildman–Crippen MR) is 92.8 cm³/mol. The Morgan fingerprint density at radius 3 is 2.67 bits per heavy atom. The van der Waals surface area contributed by atoms with Crippen LogP contribution in [0, 0.1) is 6.92 Å². The first kappa shape index (κ1) is 19.0. The van der Waals surface area contributed by atoms with Crippen molar-refractivity contribution < 1.29 is 22.7 Å². The number of H-pyrrole nitrogens is 1. The molecule has 0 radical (unpaired) electrons. The van der Waals surface area contributed by atoms with E-state index in [4.69, 9.17) is 4.74 Å². The van der Waals surface area contributed by atoms with E-state index in [2.05, 4.69) is 5.32 Å². The minimum atomic E-state index is -4.68. The van der Waals surface area contributed by atoms with Crippen molar-refractivity contribution >= 4 is 5.91 Å². The van der Waals surface area contributed by atoms with Gasteiger partial charge in [-0.25, -0.2) is 0 Å². The Morgan fingerprint density at radius 2 is 2.04 bits per heavy atom. The average molecular weight is 380 g/mol. The maximum atomic E-state index is 12.7. The Balaban J connectivity index is 1.87. The molecule has 5 nitrogen and oxygen atoms in total. The van der Waals surface area contributed by atoms with Gasteiger partial charge in [0.05, 0.1) is 6.04 Å². The third kappa shape index (κ3) is 3.99. The van der Waals surface area contributed by atoms with Gasteiger partial charge in [0.25, 0.3) is 11.5 Å². The summed E-state index contributed by atoms with van der Waals surface area (Å²) in [6, 6.07) is 6.79. The number of carbonyl (C=O) groups is 1. The molecule has 0 saturated carbocycles. The van der Waals surface area contributed by atoms with Crippen molar-refractivity contribution in [1.82, 2.24) is 10.3 Å². The average Bonchev–Trinajstić information content (AvgIpc) is 2.60. The van der Waals surface area contributed by atoms with Gasteiger partial charge in [-0.2, -0.15) is 13.2 Å². The molecule has 0 unspecified atom stereocenters. The number of hydrogen-bond donors (Lipinski definition) is 2. The van der Waals surface area contributed by atoms with Crippen LogP contribution >= 0.6 is 0 Å². The van der Waals surface area contributed by atoms with Gasteiger partial charge < -0.3 is 15.0 Å². The third-order valence-electron chi connectivity index (χ3n) is 4.56. The highest BCUT2D eigenvalue weighted by atomic mass is 19.4. The number of hydrogen-bond acceptors (Lipinski definition) is 3. The predicted octanol–water partition coefficient (Wildman–Crippen LogP) is 3.73. The molecule has 0 fully saturated rings. The molecule has 2 aromatic rings. The first-order valence-electron chi connectivity index (χ1n) is 8.57. The van der Waals surface area contributed by atoms with Crippen molar-refractivity contribution in [3.63, 3.8) is 0 Å². The smallest absolute Gasteiger partial charge is 0.431 e. The normalized spacial score (nSPS) is 19.1. The molecule has 3 rings (SSSR count). The van der Waals surface area contributed by atoms with Gasteiger partial charge in [0, 0.05) is 12.0 Å². The number of alkyl halides is 3. The van der Waals surface area contributed by atoms with Crippen molar-refractivity contribution in [2.75, 3.05) is 0 Å². The number of aromatic nitrogens is 1. The van der Waals surface area contributed by atoms with Crippen molar-refractivity contribution in [2.45, 2.75) is 45.0 Å². The van der Waals surface area contributed by atoms with E-state index in [-0.39, 0.29) is 11.7 Å². The zero-order valence-corrected chi connectivity index (χ0v) is 14.8. The molecule has 0 aliphatic carbocycles. The third-order valence-corrected chi connectivity index (χ3v) is 4.56. The maximum absolute atomic E-state index is 12.7. The van der Waals surface area contributed by atoms with Crippen molar-refractivity contribution in [2.24, 2.45) is 0 Å². The molecule has 144 valence electrons. The Bertz CT molecular complexity index is 921. The summed E-state index contributed by atoms with van der Waals surface area (Å²) in [5, 5.41) is 2.75. The van der Waals surface area contributed by atoms with Crippen LogP contribution in [0.25, 0.3) is 0 Å². The number of aryl methyl sites for hydroxylation is 1. The second-order valence-corrected chi connectivity index (χ2v) is 6.56. The summed E-state index contributed by atoms with van der Waals surface area (Å²) in [5.41, 5.74) is -0.847. The molecule has 1 aromatic carbocycles. The zero-order chi connectivity index (χ0) is 19.8. The number of aromatic amines is 1. The van der Waals surface area contributed by atoms with Gasteiger partial charge in [-0.3, -0.25) is 9.59 Å². The topological polar surface area (TPSA) is 71.2 Å². The first-order chi connectivity index (χ1) is 12.7. The SMILES string of the molecule is CC[C@@H]1C[C@@H](NC(=O)c2ccc(C(F)(F)F)[nH]c2=O)c2ccc(C)cc2O1. The second kappa shape index (κ2) is 7.09. The van der Waals surface area contributed by atoms with Gasteiger partial charge >= 0.3 is 6.18 Å². The Hall–Kier alpha value is -2.77. The molecule has 1 amide bonds. The summed E-state index contributed by atoms with van der Waals surface area (Å²) in [6.07, 6.45) is -3.53. The highest BCUT2D eigenvalue weighted by Gasteiger charge is 2.33. The molecular weight excluding hydrogens is 361 g/mol. The van der Waals surface area contributed by atoms with Crippen LogP contribution in [0.15, 0.2) is 35.1 Å². The minimum absolute atomic E-state index is 0.101. The number of ether oxygens (including phenoxy) is 1. The van der Waals surface area contributed by atoms with Crippen LogP contribution in [0.1, 0.15) is 53.0 Å². The van der Waals surface area contributed by atoms with Crippen molar-refractivity contribution in [3.8, 4) is 5.75 Å². The second-order valence-electron chi connectivity index (χ2n) is 6.56. The Labute approximate surface area is 153 Å². The monoisotopic (exact) mass is 380 g/mol. The largest absolute Gasteiger partial charge is 0.490 e. The minimum Gasteiger partial charge on any atom is -0.490 e. The fourth-order valence-electron chi connectivity index (χ4n) is 3.09. The highest BCUT2D eigenvalue weighted by molar-refractivity contribution is 5.94. The molecular formula is C19H19F3N2O3. The molecule has 0 spiro atoms. The number of nitrogens with one attached hydrogen (secondary N) is 2. The summed E-state index contributed by atoms with van der Waals surface area (Å²) in [6.45, 7) is 3.89. The molecule has 0 bridgehead atoms. The molecule has 1 aromatic heterocycles. The maximum Gasteiger partial charge on any atom is 0.431 e. The van der Waals surface area contributed by atoms with Crippen LogP contribution in [-0.4, -0.2) is 17.0 Å². The van der Waals surface area contributed by atoms with Gasteiger partial charge in [0.15, 0.2) is 0 Å². The van der Waals surface area contributed by atoms with E-state index in [1.54, 1.807) is 4.98 Å². The lowest BCUT2D eigenvalue weighted by atomic mass is 9.94. The van der Waals surface area contributed by atoms with E-state index in [0.717, 1.165) is 23.6 Å². The molecule has 1 aliphatic heterocycles. The summed E-state index contributed by atoms with van der Waals surface area (Å²) >= 11 is 0. The Kier molecular flexibility index (Phi) is 4.99. The lowest BCUT2D eigenvalue weighted by molar-refractivity contribution is -0.141. The molecule has 0 saturated heterocycles. The number of halogens is 3. The van der Waals surface area contributed by atoms with E-state index < -0.39 is 29.4 Å². The molecule has 27 heavy (non-hydrogen) atoms. The van der Waals surface area contributed by atoms with E-state index >= 15 is 0 Å². The van der Waals surface area contributed by atoms with Gasteiger partial charge in [0.1, 0.15) is 23.1 Å².